The summed E-state index contributed by atoms with van der Waals surface area (Å²) in [6, 6.07) is 12.9. The lowest BCUT2D eigenvalue weighted by atomic mass is 10.1. The van der Waals surface area contributed by atoms with Crippen molar-refractivity contribution < 1.29 is 17.9 Å². The Kier molecular flexibility index (Phi) is 5.95. The number of ether oxygens (including phenoxy) is 1. The molecular weight excluding hydrogens is 408 g/mol. The molecule has 0 aliphatic rings. The van der Waals surface area contributed by atoms with Gasteiger partial charge in [0, 0.05) is 18.6 Å². The zero-order valence-electron chi connectivity index (χ0n) is 13.6. The Bertz CT molecular complexity index is 932. The highest BCUT2D eigenvalue weighted by Crippen LogP contribution is 2.25. The number of benzene rings is 2. The molecular formula is C17H15BrN2O4S. The molecule has 8 heteroatoms. The van der Waals surface area contributed by atoms with E-state index < -0.39 is 16.0 Å². The van der Waals surface area contributed by atoms with Crippen LogP contribution in [0.1, 0.15) is 21.5 Å². The summed E-state index contributed by atoms with van der Waals surface area (Å²) in [6.07, 6.45) is 0. The second kappa shape index (κ2) is 7.78. The van der Waals surface area contributed by atoms with Crippen LogP contribution >= 0.6 is 15.9 Å². The number of sulfonamides is 1. The minimum atomic E-state index is -3.69. The Hall–Kier alpha value is -2.21. The fourth-order valence-electron chi connectivity index (χ4n) is 1.93. The highest BCUT2D eigenvalue weighted by molar-refractivity contribution is 9.10. The van der Waals surface area contributed by atoms with Crippen LogP contribution in [-0.4, -0.2) is 32.8 Å². The minimum absolute atomic E-state index is 0.00896. The quantitative estimate of drug-likeness (QED) is 0.691. The molecule has 0 aliphatic carbocycles. The van der Waals surface area contributed by atoms with Gasteiger partial charge in [0.1, 0.15) is 6.61 Å². The molecule has 0 fully saturated rings. The van der Waals surface area contributed by atoms with Crippen LogP contribution in [0.15, 0.2) is 51.8 Å². The van der Waals surface area contributed by atoms with Gasteiger partial charge in [-0.15, -0.1) is 0 Å². The first-order valence-electron chi connectivity index (χ1n) is 7.14. The first kappa shape index (κ1) is 19.1. The Morgan fingerprint density at radius 3 is 2.40 bits per heavy atom. The number of nitrogens with zero attached hydrogens (tertiary/aromatic N) is 2. The molecule has 0 N–H and O–H groups in total. The summed E-state index contributed by atoms with van der Waals surface area (Å²) in [4.78, 5) is 12.2. The Labute approximate surface area is 154 Å². The van der Waals surface area contributed by atoms with Crippen LogP contribution in [0.5, 0.6) is 0 Å². The zero-order chi connectivity index (χ0) is 18.6. The van der Waals surface area contributed by atoms with Crippen molar-refractivity contribution in [3.63, 3.8) is 0 Å². The first-order chi connectivity index (χ1) is 11.8. The summed E-state index contributed by atoms with van der Waals surface area (Å²) < 4.78 is 31.2. The van der Waals surface area contributed by atoms with Gasteiger partial charge in [-0.25, -0.2) is 17.5 Å². The lowest BCUT2D eigenvalue weighted by Crippen LogP contribution is -2.23. The van der Waals surface area contributed by atoms with E-state index >= 15 is 0 Å². The van der Waals surface area contributed by atoms with Gasteiger partial charge in [-0.05, 0) is 51.8 Å². The molecule has 130 valence electrons. The SMILES string of the molecule is CN(C)S(=O)(=O)c1cc(C(=O)OCc2ccc(C#N)cc2)ccc1Br. The van der Waals surface area contributed by atoms with Crippen LogP contribution in [0.4, 0.5) is 0 Å². The number of nitriles is 1. The molecule has 0 unspecified atom stereocenters. The molecule has 2 aromatic carbocycles. The van der Waals surface area contributed by atoms with E-state index in [0.29, 0.717) is 10.0 Å². The second-order valence-corrected chi connectivity index (χ2v) is 8.29. The molecule has 0 saturated carbocycles. The van der Waals surface area contributed by atoms with E-state index in [1.165, 1.54) is 32.3 Å². The van der Waals surface area contributed by atoms with Crippen LogP contribution in [-0.2, 0) is 21.4 Å². The van der Waals surface area contributed by atoms with Gasteiger partial charge in [-0.1, -0.05) is 12.1 Å². The van der Waals surface area contributed by atoms with Gasteiger partial charge in [0.25, 0.3) is 0 Å². The van der Waals surface area contributed by atoms with Crippen LogP contribution in [0, 0.1) is 11.3 Å². The van der Waals surface area contributed by atoms with Gasteiger partial charge in [0.05, 0.1) is 22.1 Å². The molecule has 25 heavy (non-hydrogen) atoms. The number of hydrogen-bond acceptors (Lipinski definition) is 5. The third-order valence-corrected chi connectivity index (χ3v) is 6.19. The Balaban J connectivity index is 2.18. The van der Waals surface area contributed by atoms with E-state index in [1.54, 1.807) is 24.3 Å². The van der Waals surface area contributed by atoms with Gasteiger partial charge in [0.15, 0.2) is 0 Å². The van der Waals surface area contributed by atoms with Gasteiger partial charge in [-0.2, -0.15) is 5.26 Å². The summed E-state index contributed by atoms with van der Waals surface area (Å²) in [5.74, 6) is -0.632. The van der Waals surface area contributed by atoms with E-state index in [4.69, 9.17) is 10.00 Å². The van der Waals surface area contributed by atoms with Crippen molar-refractivity contribution in [3.8, 4) is 6.07 Å². The second-order valence-electron chi connectivity index (χ2n) is 5.32. The molecule has 0 heterocycles. The molecule has 0 spiro atoms. The summed E-state index contributed by atoms with van der Waals surface area (Å²) in [7, 11) is -0.862. The lowest BCUT2D eigenvalue weighted by Gasteiger charge is -2.14. The van der Waals surface area contributed by atoms with E-state index in [2.05, 4.69) is 15.9 Å². The minimum Gasteiger partial charge on any atom is -0.457 e. The smallest absolute Gasteiger partial charge is 0.338 e. The Morgan fingerprint density at radius 2 is 1.84 bits per heavy atom. The van der Waals surface area contributed by atoms with Gasteiger partial charge in [-0.3, -0.25) is 0 Å². The van der Waals surface area contributed by atoms with Crippen molar-refractivity contribution in [1.82, 2.24) is 4.31 Å². The number of carbonyl (C=O) groups excluding carboxylic acids is 1. The Morgan fingerprint density at radius 1 is 1.20 bits per heavy atom. The lowest BCUT2D eigenvalue weighted by molar-refractivity contribution is 0.0472. The van der Waals surface area contributed by atoms with Crippen molar-refractivity contribution in [2.75, 3.05) is 14.1 Å². The van der Waals surface area contributed by atoms with Crippen molar-refractivity contribution in [3.05, 3.63) is 63.6 Å². The highest BCUT2D eigenvalue weighted by atomic mass is 79.9. The number of hydrogen-bond donors (Lipinski definition) is 0. The van der Waals surface area contributed by atoms with Crippen LogP contribution < -0.4 is 0 Å². The van der Waals surface area contributed by atoms with Crippen LogP contribution in [0.2, 0.25) is 0 Å². The van der Waals surface area contributed by atoms with Crippen molar-refractivity contribution in [1.29, 1.82) is 5.26 Å². The standard InChI is InChI=1S/C17H15BrN2O4S/c1-20(2)25(22,23)16-9-14(7-8-15(16)18)17(21)24-11-13-5-3-12(10-19)4-6-13/h3-9H,11H2,1-2H3. The molecule has 0 radical (unpaired) electrons. The molecule has 0 aromatic heterocycles. The third-order valence-electron chi connectivity index (χ3n) is 3.38. The normalized spacial score (nSPS) is 11.2. The molecule has 0 aliphatic heterocycles. The largest absolute Gasteiger partial charge is 0.457 e. The fraction of sp³-hybridized carbons (Fsp3) is 0.176. The number of halogens is 1. The molecule has 0 saturated heterocycles. The van der Waals surface area contributed by atoms with Gasteiger partial charge < -0.3 is 4.74 Å². The summed E-state index contributed by atoms with van der Waals surface area (Å²) in [5.41, 5.74) is 1.38. The van der Waals surface area contributed by atoms with E-state index in [-0.39, 0.29) is 17.1 Å². The van der Waals surface area contributed by atoms with Crippen molar-refractivity contribution >= 4 is 31.9 Å². The highest BCUT2D eigenvalue weighted by Gasteiger charge is 2.22. The van der Waals surface area contributed by atoms with Gasteiger partial charge >= 0.3 is 5.97 Å². The molecule has 0 bridgehead atoms. The monoisotopic (exact) mass is 422 g/mol. The van der Waals surface area contributed by atoms with Crippen LogP contribution in [0.25, 0.3) is 0 Å². The van der Waals surface area contributed by atoms with Crippen LogP contribution in [0.3, 0.4) is 0 Å². The summed E-state index contributed by atoms with van der Waals surface area (Å²) in [5, 5.41) is 8.76. The van der Waals surface area contributed by atoms with E-state index in [9.17, 15) is 13.2 Å². The molecule has 6 nitrogen and oxygen atoms in total. The molecule has 2 aromatic rings. The molecule has 0 atom stereocenters. The van der Waals surface area contributed by atoms with Crippen molar-refractivity contribution in [2.24, 2.45) is 0 Å². The van der Waals surface area contributed by atoms with E-state index in [0.717, 1.165) is 9.87 Å². The maximum Gasteiger partial charge on any atom is 0.338 e. The third kappa shape index (κ3) is 4.45. The summed E-state index contributed by atoms with van der Waals surface area (Å²) >= 11 is 3.19. The predicted molar refractivity (Wildman–Crippen MR) is 95.3 cm³/mol. The molecule has 2 rings (SSSR count). The maximum absolute atomic E-state index is 12.3. The number of esters is 1. The topological polar surface area (TPSA) is 87.5 Å². The number of carbonyl (C=O) groups is 1. The van der Waals surface area contributed by atoms with Gasteiger partial charge in [0.2, 0.25) is 10.0 Å². The number of rotatable bonds is 5. The fourth-order valence-corrected chi connectivity index (χ4v) is 3.78. The summed E-state index contributed by atoms with van der Waals surface area (Å²) in [6.45, 7) is 0.0242. The zero-order valence-corrected chi connectivity index (χ0v) is 16.0. The average Bonchev–Trinajstić information content (AvgIpc) is 2.60. The first-order valence-corrected chi connectivity index (χ1v) is 9.37. The predicted octanol–water partition coefficient (Wildman–Crippen LogP) is 2.93. The molecule has 0 amide bonds. The average molecular weight is 423 g/mol. The van der Waals surface area contributed by atoms with E-state index in [1.807, 2.05) is 6.07 Å². The van der Waals surface area contributed by atoms with Crippen molar-refractivity contribution in [2.45, 2.75) is 11.5 Å². The maximum atomic E-state index is 12.3.